The predicted molar refractivity (Wildman–Crippen MR) is 115 cm³/mol. The lowest BCUT2D eigenvalue weighted by atomic mass is 10.1. The van der Waals surface area contributed by atoms with Gasteiger partial charge in [-0.1, -0.05) is 24.6 Å². The largest absolute Gasteiger partial charge is 0.337 e. The van der Waals surface area contributed by atoms with Crippen LogP contribution >= 0.6 is 11.6 Å². The molecule has 2 aromatic carbocycles. The highest BCUT2D eigenvalue weighted by atomic mass is 35.5. The molecule has 28 heavy (non-hydrogen) atoms. The van der Waals surface area contributed by atoms with Crippen LogP contribution in [0.2, 0.25) is 5.02 Å². The molecule has 0 saturated heterocycles. The van der Waals surface area contributed by atoms with Crippen LogP contribution in [0.4, 0.5) is 11.4 Å². The average molecular weight is 398 g/mol. The summed E-state index contributed by atoms with van der Waals surface area (Å²) in [5, 5.41) is 7.42. The summed E-state index contributed by atoms with van der Waals surface area (Å²) in [7, 11) is 0. The number of aryl methyl sites for hydroxylation is 3. The van der Waals surface area contributed by atoms with Crippen LogP contribution in [0.1, 0.15) is 42.4 Å². The van der Waals surface area contributed by atoms with Crippen molar-refractivity contribution in [2.45, 2.75) is 40.7 Å². The molecule has 0 saturated carbocycles. The Hall–Kier alpha value is -2.79. The fourth-order valence-corrected chi connectivity index (χ4v) is 3.75. The number of amides is 2. The lowest BCUT2D eigenvalue weighted by molar-refractivity contribution is -0.114. The Morgan fingerprint density at radius 1 is 1.07 bits per heavy atom. The number of anilines is 2. The third-order valence-corrected chi connectivity index (χ3v) is 5.10. The summed E-state index contributed by atoms with van der Waals surface area (Å²) in [5.74, 6) is -0.332. The summed E-state index contributed by atoms with van der Waals surface area (Å²) in [6, 6.07) is 11.2. The molecule has 3 rings (SSSR count). The van der Waals surface area contributed by atoms with E-state index < -0.39 is 0 Å². The molecule has 146 valence electrons. The molecule has 2 amide bonds. The van der Waals surface area contributed by atoms with E-state index in [0.717, 1.165) is 28.5 Å². The summed E-state index contributed by atoms with van der Waals surface area (Å²) >= 11 is 6.16. The molecule has 3 aromatic rings. The molecule has 0 atom stereocenters. The zero-order valence-corrected chi connectivity index (χ0v) is 17.3. The number of fused-ring (bicyclic) bond motifs is 1. The molecule has 0 aliphatic heterocycles. The minimum absolute atomic E-state index is 0.152. The maximum absolute atomic E-state index is 13.2. The van der Waals surface area contributed by atoms with Gasteiger partial charge in [-0.2, -0.15) is 0 Å². The summed E-state index contributed by atoms with van der Waals surface area (Å²) in [6.45, 7) is 8.11. The third kappa shape index (κ3) is 3.76. The topological polar surface area (TPSA) is 63.1 Å². The van der Waals surface area contributed by atoms with Gasteiger partial charge in [-0.25, -0.2) is 0 Å². The Bertz CT molecular complexity index is 1070. The third-order valence-electron chi connectivity index (χ3n) is 4.87. The molecule has 0 aliphatic carbocycles. The predicted octanol–water partition coefficient (Wildman–Crippen LogP) is 5.40. The fourth-order valence-electron chi connectivity index (χ4n) is 3.58. The van der Waals surface area contributed by atoms with Crippen molar-refractivity contribution in [1.29, 1.82) is 0 Å². The maximum atomic E-state index is 13.2. The quantitative estimate of drug-likeness (QED) is 0.605. The van der Waals surface area contributed by atoms with E-state index in [1.54, 1.807) is 6.07 Å². The average Bonchev–Trinajstić information content (AvgIpc) is 2.93. The number of benzene rings is 2. The van der Waals surface area contributed by atoms with Gasteiger partial charge < -0.3 is 15.2 Å². The Kier molecular flexibility index (Phi) is 5.75. The zero-order valence-electron chi connectivity index (χ0n) is 16.5. The number of carbonyl (C=O) groups is 2. The van der Waals surface area contributed by atoms with Gasteiger partial charge in [0.1, 0.15) is 5.69 Å². The molecule has 0 spiro atoms. The van der Waals surface area contributed by atoms with Crippen LogP contribution in [-0.2, 0) is 17.8 Å². The molecule has 0 aliphatic rings. The van der Waals surface area contributed by atoms with E-state index in [1.807, 2.05) is 55.7 Å². The van der Waals surface area contributed by atoms with Crippen LogP contribution in [0.5, 0.6) is 0 Å². The minimum Gasteiger partial charge on any atom is -0.337 e. The van der Waals surface area contributed by atoms with Crippen molar-refractivity contribution >= 4 is 45.7 Å². The molecule has 5 nitrogen and oxygen atoms in total. The van der Waals surface area contributed by atoms with E-state index >= 15 is 0 Å². The first-order valence-electron chi connectivity index (χ1n) is 9.35. The van der Waals surface area contributed by atoms with E-state index in [2.05, 4.69) is 10.6 Å². The number of halogens is 1. The van der Waals surface area contributed by atoms with Crippen molar-refractivity contribution in [3.8, 4) is 0 Å². The Morgan fingerprint density at radius 3 is 2.46 bits per heavy atom. The van der Waals surface area contributed by atoms with Gasteiger partial charge in [0.2, 0.25) is 5.91 Å². The highest BCUT2D eigenvalue weighted by molar-refractivity contribution is 6.31. The Labute approximate surface area is 169 Å². The number of aromatic nitrogens is 1. The van der Waals surface area contributed by atoms with Crippen LogP contribution in [0.25, 0.3) is 10.9 Å². The SMILES string of the molecule is CCc1ccc(NC(C)=O)cc1NC(=O)c1c(C)c2cc(Cl)ccc2n1CC. The Balaban J connectivity index is 2.04. The van der Waals surface area contributed by atoms with Crippen molar-refractivity contribution in [1.82, 2.24) is 4.57 Å². The van der Waals surface area contributed by atoms with E-state index in [1.165, 1.54) is 6.92 Å². The highest BCUT2D eigenvalue weighted by Gasteiger charge is 2.20. The van der Waals surface area contributed by atoms with E-state index in [9.17, 15) is 9.59 Å². The summed E-state index contributed by atoms with van der Waals surface area (Å²) < 4.78 is 2.00. The first-order valence-corrected chi connectivity index (χ1v) is 9.73. The minimum atomic E-state index is -0.179. The van der Waals surface area contributed by atoms with Crippen LogP contribution < -0.4 is 10.6 Å². The van der Waals surface area contributed by atoms with Crippen molar-refractivity contribution in [2.24, 2.45) is 0 Å². The smallest absolute Gasteiger partial charge is 0.272 e. The van der Waals surface area contributed by atoms with Crippen molar-refractivity contribution < 1.29 is 9.59 Å². The molecule has 0 fully saturated rings. The molecular weight excluding hydrogens is 374 g/mol. The second-order valence-electron chi connectivity index (χ2n) is 6.74. The molecule has 0 unspecified atom stereocenters. The number of hydrogen-bond donors (Lipinski definition) is 2. The number of nitrogens with one attached hydrogen (secondary N) is 2. The van der Waals surface area contributed by atoms with Crippen LogP contribution in [0, 0.1) is 6.92 Å². The standard InChI is InChI=1S/C22H24ClN3O2/c1-5-15-7-9-17(24-14(4)27)12-19(15)25-22(28)21-13(3)18-11-16(23)8-10-20(18)26(21)6-2/h7-12H,5-6H2,1-4H3,(H,24,27)(H,25,28). The van der Waals surface area contributed by atoms with E-state index in [4.69, 9.17) is 11.6 Å². The van der Waals surface area contributed by atoms with Gasteiger partial charge in [0, 0.05) is 40.8 Å². The molecular formula is C22H24ClN3O2. The molecule has 6 heteroatoms. The van der Waals surface area contributed by atoms with Crippen LogP contribution in [0.15, 0.2) is 36.4 Å². The van der Waals surface area contributed by atoms with Gasteiger partial charge >= 0.3 is 0 Å². The first kappa shape index (κ1) is 20.0. The van der Waals surface area contributed by atoms with Crippen molar-refractivity contribution in [3.05, 3.63) is 58.2 Å². The molecule has 1 heterocycles. The van der Waals surface area contributed by atoms with Gasteiger partial charge in [0.05, 0.1) is 0 Å². The summed E-state index contributed by atoms with van der Waals surface area (Å²) in [5.41, 5.74) is 4.85. The number of hydrogen-bond acceptors (Lipinski definition) is 2. The van der Waals surface area contributed by atoms with E-state index in [-0.39, 0.29) is 11.8 Å². The molecule has 0 bridgehead atoms. The molecule has 0 radical (unpaired) electrons. The lowest BCUT2D eigenvalue weighted by Crippen LogP contribution is -2.19. The van der Waals surface area contributed by atoms with Gasteiger partial charge in [-0.3, -0.25) is 9.59 Å². The van der Waals surface area contributed by atoms with E-state index in [0.29, 0.717) is 28.6 Å². The van der Waals surface area contributed by atoms with Crippen LogP contribution in [0.3, 0.4) is 0 Å². The normalized spacial score (nSPS) is 10.9. The lowest BCUT2D eigenvalue weighted by Gasteiger charge is -2.14. The monoisotopic (exact) mass is 397 g/mol. The Morgan fingerprint density at radius 2 is 1.82 bits per heavy atom. The van der Waals surface area contributed by atoms with Gasteiger partial charge in [0.25, 0.3) is 5.91 Å². The van der Waals surface area contributed by atoms with Crippen LogP contribution in [-0.4, -0.2) is 16.4 Å². The summed E-state index contributed by atoms with van der Waals surface area (Å²) in [6.07, 6.45) is 0.765. The number of nitrogens with zero attached hydrogens (tertiary/aromatic N) is 1. The van der Waals surface area contributed by atoms with Gasteiger partial charge in [0.15, 0.2) is 0 Å². The second kappa shape index (κ2) is 8.07. The summed E-state index contributed by atoms with van der Waals surface area (Å²) in [4.78, 5) is 24.6. The van der Waals surface area contributed by atoms with Gasteiger partial charge in [-0.15, -0.1) is 0 Å². The molecule has 1 aromatic heterocycles. The van der Waals surface area contributed by atoms with Crippen molar-refractivity contribution in [3.63, 3.8) is 0 Å². The maximum Gasteiger partial charge on any atom is 0.272 e. The second-order valence-corrected chi connectivity index (χ2v) is 7.18. The van der Waals surface area contributed by atoms with Gasteiger partial charge in [-0.05, 0) is 61.7 Å². The fraction of sp³-hybridized carbons (Fsp3) is 0.273. The number of rotatable bonds is 5. The highest BCUT2D eigenvalue weighted by Crippen LogP contribution is 2.30. The zero-order chi connectivity index (χ0) is 20.4. The number of carbonyl (C=O) groups excluding carboxylic acids is 2. The van der Waals surface area contributed by atoms with Crippen molar-refractivity contribution in [2.75, 3.05) is 10.6 Å². The first-order chi connectivity index (χ1) is 13.3. The molecule has 2 N–H and O–H groups in total.